The van der Waals surface area contributed by atoms with Crippen LogP contribution in [0.3, 0.4) is 0 Å². The van der Waals surface area contributed by atoms with E-state index in [2.05, 4.69) is 4.98 Å². The third kappa shape index (κ3) is 2.70. The molecule has 0 unspecified atom stereocenters. The molecule has 0 saturated carbocycles. The van der Waals surface area contributed by atoms with Crippen LogP contribution in [-0.2, 0) is 0 Å². The molecule has 116 valence electrons. The lowest BCUT2D eigenvalue weighted by Gasteiger charge is -2.07. The van der Waals surface area contributed by atoms with Gasteiger partial charge in [-0.3, -0.25) is 4.98 Å². The maximum atomic E-state index is 13.3. The van der Waals surface area contributed by atoms with Gasteiger partial charge in [0.2, 0.25) is 0 Å². The largest absolute Gasteiger partial charge is 0.265 e. The van der Waals surface area contributed by atoms with Crippen LogP contribution in [0.5, 0.6) is 0 Å². The molecule has 4 heteroatoms. The van der Waals surface area contributed by atoms with Gasteiger partial charge < -0.3 is 0 Å². The summed E-state index contributed by atoms with van der Waals surface area (Å²) >= 11 is 0. The second-order valence-electron chi connectivity index (χ2n) is 5.40. The Morgan fingerprint density at radius 1 is 0.750 bits per heavy atom. The topological polar surface area (TPSA) is 30.7 Å². The molecule has 3 nitrogen and oxygen atoms in total. The molecule has 0 aliphatic rings. The van der Waals surface area contributed by atoms with Crippen molar-refractivity contribution in [2.24, 2.45) is 0 Å². The number of pyridine rings is 1. The van der Waals surface area contributed by atoms with Crippen molar-refractivity contribution >= 4 is 0 Å². The van der Waals surface area contributed by atoms with E-state index < -0.39 is 0 Å². The maximum absolute atomic E-state index is 13.3. The quantitative estimate of drug-likeness (QED) is 0.546. The Kier molecular flexibility index (Phi) is 3.63. The molecule has 0 amide bonds. The molecular formula is C20H14FN3. The zero-order valence-corrected chi connectivity index (χ0v) is 12.8. The second-order valence-corrected chi connectivity index (χ2v) is 5.40. The van der Waals surface area contributed by atoms with Gasteiger partial charge in [-0.05, 0) is 42.5 Å². The van der Waals surface area contributed by atoms with Crippen molar-refractivity contribution in [2.75, 3.05) is 0 Å². The lowest BCUT2D eigenvalue weighted by Crippen LogP contribution is -1.99. The molecular weight excluding hydrogens is 301 g/mol. The smallest absolute Gasteiger partial charge is 0.123 e. The van der Waals surface area contributed by atoms with Crippen LogP contribution in [0.4, 0.5) is 4.39 Å². The van der Waals surface area contributed by atoms with E-state index in [0.29, 0.717) is 0 Å². The maximum Gasteiger partial charge on any atom is 0.123 e. The SMILES string of the molecule is Fc1ccc(-n2nc(-c3ccccc3)cc2-c2ccncc2)cc1. The molecule has 24 heavy (non-hydrogen) atoms. The van der Waals surface area contributed by atoms with Gasteiger partial charge in [0.25, 0.3) is 0 Å². The van der Waals surface area contributed by atoms with Gasteiger partial charge >= 0.3 is 0 Å². The van der Waals surface area contributed by atoms with Crippen molar-refractivity contribution in [2.45, 2.75) is 0 Å². The van der Waals surface area contributed by atoms with Crippen LogP contribution in [0.15, 0.2) is 85.2 Å². The molecule has 0 saturated heterocycles. The second kappa shape index (κ2) is 6.08. The first-order valence-corrected chi connectivity index (χ1v) is 7.63. The van der Waals surface area contributed by atoms with Crippen molar-refractivity contribution in [3.63, 3.8) is 0 Å². The average Bonchev–Trinajstić information content (AvgIpc) is 3.09. The summed E-state index contributed by atoms with van der Waals surface area (Å²) in [5, 5.41) is 4.73. The van der Waals surface area contributed by atoms with Crippen molar-refractivity contribution in [3.8, 4) is 28.2 Å². The number of rotatable bonds is 3. The molecule has 4 aromatic rings. The predicted molar refractivity (Wildman–Crippen MR) is 92.2 cm³/mol. The van der Waals surface area contributed by atoms with Crippen LogP contribution in [0.2, 0.25) is 0 Å². The van der Waals surface area contributed by atoms with Crippen molar-refractivity contribution in [3.05, 3.63) is 91.0 Å². The summed E-state index contributed by atoms with van der Waals surface area (Å²) < 4.78 is 15.1. The highest BCUT2D eigenvalue weighted by Crippen LogP contribution is 2.28. The van der Waals surface area contributed by atoms with Gasteiger partial charge in [0.1, 0.15) is 5.82 Å². The van der Waals surface area contributed by atoms with Crippen LogP contribution < -0.4 is 0 Å². The minimum absolute atomic E-state index is 0.264. The molecule has 2 aromatic heterocycles. The molecule has 2 aromatic carbocycles. The normalized spacial score (nSPS) is 10.7. The third-order valence-electron chi connectivity index (χ3n) is 3.83. The number of hydrogen-bond donors (Lipinski definition) is 0. The lowest BCUT2D eigenvalue weighted by atomic mass is 10.1. The van der Waals surface area contributed by atoms with Crippen molar-refractivity contribution in [1.82, 2.24) is 14.8 Å². The Balaban J connectivity index is 1.90. The Hall–Kier alpha value is -3.27. The zero-order valence-electron chi connectivity index (χ0n) is 12.8. The summed E-state index contributed by atoms with van der Waals surface area (Å²) in [6.45, 7) is 0. The first-order valence-electron chi connectivity index (χ1n) is 7.63. The van der Waals surface area contributed by atoms with Gasteiger partial charge in [0.15, 0.2) is 0 Å². The number of halogens is 1. The Morgan fingerprint density at radius 3 is 2.17 bits per heavy atom. The highest BCUT2D eigenvalue weighted by atomic mass is 19.1. The van der Waals surface area contributed by atoms with E-state index in [1.54, 1.807) is 24.5 Å². The Bertz CT molecular complexity index is 945. The molecule has 2 heterocycles. The summed E-state index contributed by atoms with van der Waals surface area (Å²) in [7, 11) is 0. The molecule has 4 rings (SSSR count). The highest BCUT2D eigenvalue weighted by molar-refractivity contribution is 5.70. The summed E-state index contributed by atoms with van der Waals surface area (Å²) in [4.78, 5) is 4.07. The molecule has 0 bridgehead atoms. The van der Waals surface area contributed by atoms with E-state index >= 15 is 0 Å². The fraction of sp³-hybridized carbons (Fsp3) is 0. The van der Waals surface area contributed by atoms with Gasteiger partial charge in [-0.1, -0.05) is 30.3 Å². The first-order chi connectivity index (χ1) is 11.8. The minimum atomic E-state index is -0.264. The predicted octanol–water partition coefficient (Wildman–Crippen LogP) is 4.74. The molecule has 0 fully saturated rings. The van der Waals surface area contributed by atoms with E-state index in [0.717, 1.165) is 28.2 Å². The van der Waals surface area contributed by atoms with Gasteiger partial charge in [0, 0.05) is 23.5 Å². The van der Waals surface area contributed by atoms with Gasteiger partial charge in [-0.2, -0.15) is 5.10 Å². The van der Waals surface area contributed by atoms with E-state index in [1.165, 1.54) is 12.1 Å². The fourth-order valence-corrected chi connectivity index (χ4v) is 2.64. The van der Waals surface area contributed by atoms with E-state index in [-0.39, 0.29) is 5.82 Å². The van der Waals surface area contributed by atoms with E-state index in [9.17, 15) is 4.39 Å². The standard InChI is InChI=1S/C20H14FN3/c21-17-6-8-18(9-7-17)24-20(16-10-12-22-13-11-16)14-19(23-24)15-4-2-1-3-5-15/h1-14H. The number of nitrogens with zero attached hydrogens (tertiary/aromatic N) is 3. The lowest BCUT2D eigenvalue weighted by molar-refractivity contribution is 0.627. The third-order valence-corrected chi connectivity index (χ3v) is 3.83. The number of benzene rings is 2. The molecule has 0 radical (unpaired) electrons. The van der Waals surface area contributed by atoms with Crippen LogP contribution in [-0.4, -0.2) is 14.8 Å². The van der Waals surface area contributed by atoms with Crippen LogP contribution in [0, 0.1) is 5.82 Å². The highest BCUT2D eigenvalue weighted by Gasteiger charge is 2.13. The fourth-order valence-electron chi connectivity index (χ4n) is 2.64. The minimum Gasteiger partial charge on any atom is -0.265 e. The summed E-state index contributed by atoms with van der Waals surface area (Å²) in [5.74, 6) is -0.264. The van der Waals surface area contributed by atoms with E-state index in [1.807, 2.05) is 53.2 Å². The first kappa shape index (κ1) is 14.3. The van der Waals surface area contributed by atoms with Crippen LogP contribution >= 0.6 is 0 Å². The number of hydrogen-bond acceptors (Lipinski definition) is 2. The monoisotopic (exact) mass is 315 g/mol. The van der Waals surface area contributed by atoms with Crippen molar-refractivity contribution < 1.29 is 4.39 Å². The van der Waals surface area contributed by atoms with Gasteiger partial charge in [-0.25, -0.2) is 9.07 Å². The number of aromatic nitrogens is 3. The Labute approximate surface area is 139 Å². The van der Waals surface area contributed by atoms with E-state index in [4.69, 9.17) is 5.10 Å². The summed E-state index contributed by atoms with van der Waals surface area (Å²) in [6.07, 6.45) is 3.50. The Morgan fingerprint density at radius 2 is 1.46 bits per heavy atom. The molecule has 0 atom stereocenters. The molecule has 0 aliphatic heterocycles. The summed E-state index contributed by atoms with van der Waals surface area (Å²) in [5.41, 5.74) is 4.65. The zero-order chi connectivity index (χ0) is 16.4. The average molecular weight is 315 g/mol. The van der Waals surface area contributed by atoms with Crippen LogP contribution in [0.1, 0.15) is 0 Å². The van der Waals surface area contributed by atoms with Gasteiger partial charge in [0.05, 0.1) is 17.1 Å². The van der Waals surface area contributed by atoms with Crippen LogP contribution in [0.25, 0.3) is 28.2 Å². The molecule has 0 aliphatic carbocycles. The molecule has 0 N–H and O–H groups in total. The summed E-state index contributed by atoms with van der Waals surface area (Å²) in [6, 6.07) is 22.2. The van der Waals surface area contributed by atoms with Crippen molar-refractivity contribution in [1.29, 1.82) is 0 Å². The molecule has 0 spiro atoms. The van der Waals surface area contributed by atoms with Gasteiger partial charge in [-0.15, -0.1) is 0 Å².